The number of carbonyl (C=O) groups excluding carboxylic acids is 1. The Balaban J connectivity index is 1.45. The monoisotopic (exact) mass is 439 g/mol. The third-order valence-corrected chi connectivity index (χ3v) is 6.05. The Morgan fingerprint density at radius 3 is 2.37 bits per heavy atom. The van der Waals surface area contributed by atoms with E-state index in [2.05, 4.69) is 32.6 Å². The van der Waals surface area contributed by atoms with Crippen LogP contribution in [-0.4, -0.2) is 34.9 Å². The van der Waals surface area contributed by atoms with Crippen LogP contribution in [-0.2, 0) is 4.79 Å². The Kier molecular flexibility index (Phi) is 7.71. The molecule has 1 heterocycles. The van der Waals surface area contributed by atoms with E-state index >= 15 is 0 Å². The third kappa shape index (κ3) is 5.74. The highest BCUT2D eigenvalue weighted by atomic mass is 32.2. The van der Waals surface area contributed by atoms with Crippen molar-refractivity contribution >= 4 is 40.3 Å². The summed E-state index contributed by atoms with van der Waals surface area (Å²) >= 11 is 6.57. The molecule has 1 aliphatic rings. The Morgan fingerprint density at radius 1 is 1.03 bits per heavy atom. The van der Waals surface area contributed by atoms with Gasteiger partial charge in [0.05, 0.1) is 18.1 Å². The molecule has 0 spiro atoms. The first-order chi connectivity index (χ1) is 14.5. The summed E-state index contributed by atoms with van der Waals surface area (Å²) in [4.78, 5) is 14.6. The van der Waals surface area contributed by atoms with Crippen LogP contribution in [0.15, 0.2) is 60.0 Å². The van der Waals surface area contributed by atoms with Crippen LogP contribution < -0.4 is 9.47 Å². The number of thiocarbonyl (C=S) groups is 1. The van der Waals surface area contributed by atoms with Gasteiger partial charge in [0.15, 0.2) is 0 Å². The van der Waals surface area contributed by atoms with Gasteiger partial charge in [-0.3, -0.25) is 9.69 Å². The molecule has 1 fully saturated rings. The number of nitrogens with zero attached hydrogens (tertiary/aromatic N) is 1. The topological polar surface area (TPSA) is 38.8 Å². The summed E-state index contributed by atoms with van der Waals surface area (Å²) in [6.07, 6.45) is 4.32. The summed E-state index contributed by atoms with van der Waals surface area (Å²) in [6, 6.07) is 13.8. The molecule has 0 atom stereocenters. The van der Waals surface area contributed by atoms with Crippen LogP contribution in [0.4, 0.5) is 0 Å². The number of amides is 1. The van der Waals surface area contributed by atoms with Gasteiger partial charge in [0, 0.05) is 13.0 Å². The van der Waals surface area contributed by atoms with E-state index in [1.165, 1.54) is 22.9 Å². The van der Waals surface area contributed by atoms with Gasteiger partial charge in [-0.05, 0) is 60.9 Å². The number of thioether (sulfide) groups is 1. The fourth-order valence-electron chi connectivity index (χ4n) is 2.84. The van der Waals surface area contributed by atoms with E-state index in [0.29, 0.717) is 29.0 Å². The first-order valence-corrected chi connectivity index (χ1v) is 11.0. The van der Waals surface area contributed by atoms with Gasteiger partial charge in [-0.15, -0.1) is 6.58 Å². The molecule has 156 valence electrons. The molecule has 6 heteroatoms. The SMILES string of the molecule is C=CCN1C(=O)C(=Cc2ccc(OCCCOc3ccc(C)c(C)c3)cc2)SC1=S. The van der Waals surface area contributed by atoms with E-state index in [1.807, 2.05) is 36.4 Å². The molecule has 0 radical (unpaired) electrons. The van der Waals surface area contributed by atoms with Gasteiger partial charge in [-0.25, -0.2) is 0 Å². The van der Waals surface area contributed by atoms with Crippen molar-refractivity contribution < 1.29 is 14.3 Å². The van der Waals surface area contributed by atoms with Gasteiger partial charge < -0.3 is 9.47 Å². The number of hydrogen-bond donors (Lipinski definition) is 0. The maximum absolute atomic E-state index is 12.4. The molecule has 2 aromatic rings. The second-order valence-electron chi connectivity index (χ2n) is 6.95. The van der Waals surface area contributed by atoms with Crippen molar-refractivity contribution in [1.29, 1.82) is 0 Å². The number of aryl methyl sites for hydroxylation is 2. The Labute approximate surface area is 187 Å². The van der Waals surface area contributed by atoms with Crippen LogP contribution in [0.2, 0.25) is 0 Å². The molecule has 0 N–H and O–H groups in total. The first-order valence-electron chi connectivity index (χ1n) is 9.77. The van der Waals surface area contributed by atoms with Crippen molar-refractivity contribution in [2.24, 2.45) is 0 Å². The predicted octanol–water partition coefficient (Wildman–Crippen LogP) is 5.54. The lowest BCUT2D eigenvalue weighted by Gasteiger charge is -2.10. The molecule has 1 saturated heterocycles. The van der Waals surface area contributed by atoms with Crippen molar-refractivity contribution in [3.63, 3.8) is 0 Å². The molecule has 0 unspecified atom stereocenters. The molecule has 30 heavy (non-hydrogen) atoms. The zero-order chi connectivity index (χ0) is 21.5. The molecule has 2 aromatic carbocycles. The lowest BCUT2D eigenvalue weighted by atomic mass is 10.1. The van der Waals surface area contributed by atoms with Gasteiger partial charge in [0.25, 0.3) is 5.91 Å². The van der Waals surface area contributed by atoms with Crippen molar-refractivity contribution in [3.05, 3.63) is 76.7 Å². The number of rotatable bonds is 9. The van der Waals surface area contributed by atoms with Crippen LogP contribution in [0.3, 0.4) is 0 Å². The summed E-state index contributed by atoms with van der Waals surface area (Å²) in [5, 5.41) is 0. The summed E-state index contributed by atoms with van der Waals surface area (Å²) < 4.78 is 12.1. The molecule has 0 aromatic heterocycles. The van der Waals surface area contributed by atoms with Crippen LogP contribution in [0.5, 0.6) is 11.5 Å². The maximum Gasteiger partial charge on any atom is 0.266 e. The van der Waals surface area contributed by atoms with Crippen molar-refractivity contribution in [3.8, 4) is 11.5 Å². The number of benzene rings is 2. The van der Waals surface area contributed by atoms with Gasteiger partial charge in [-0.1, -0.05) is 48.3 Å². The maximum atomic E-state index is 12.4. The van der Waals surface area contributed by atoms with Crippen LogP contribution >= 0.6 is 24.0 Å². The summed E-state index contributed by atoms with van der Waals surface area (Å²) in [5.41, 5.74) is 3.42. The fourth-order valence-corrected chi connectivity index (χ4v) is 4.12. The highest BCUT2D eigenvalue weighted by molar-refractivity contribution is 8.26. The van der Waals surface area contributed by atoms with E-state index < -0.39 is 0 Å². The number of hydrogen-bond acceptors (Lipinski definition) is 5. The van der Waals surface area contributed by atoms with Crippen LogP contribution in [0.25, 0.3) is 6.08 Å². The summed E-state index contributed by atoms with van der Waals surface area (Å²) in [5.74, 6) is 1.60. The van der Waals surface area contributed by atoms with E-state index in [1.54, 1.807) is 11.0 Å². The van der Waals surface area contributed by atoms with E-state index in [-0.39, 0.29) is 5.91 Å². The van der Waals surface area contributed by atoms with Crippen molar-refractivity contribution in [1.82, 2.24) is 4.90 Å². The first kappa shape index (κ1) is 22.1. The highest BCUT2D eigenvalue weighted by Gasteiger charge is 2.30. The van der Waals surface area contributed by atoms with Gasteiger partial charge in [0.1, 0.15) is 15.8 Å². The standard InChI is InChI=1S/C24H25NO3S2/c1-4-12-25-23(26)22(30-24(25)29)16-19-7-10-20(11-8-19)27-13-5-14-28-21-9-6-17(2)18(3)15-21/h4,6-11,15-16H,1,5,12-14H2,2-3H3. The van der Waals surface area contributed by atoms with Crippen LogP contribution in [0.1, 0.15) is 23.1 Å². The van der Waals surface area contributed by atoms with E-state index in [0.717, 1.165) is 23.5 Å². The lowest BCUT2D eigenvalue weighted by Crippen LogP contribution is -2.27. The molecule has 0 saturated carbocycles. The molecule has 0 bridgehead atoms. The minimum Gasteiger partial charge on any atom is -0.493 e. The predicted molar refractivity (Wildman–Crippen MR) is 128 cm³/mol. The van der Waals surface area contributed by atoms with E-state index in [9.17, 15) is 4.79 Å². The molecule has 3 rings (SSSR count). The number of ether oxygens (including phenoxy) is 2. The largest absolute Gasteiger partial charge is 0.493 e. The van der Waals surface area contributed by atoms with Gasteiger partial charge >= 0.3 is 0 Å². The lowest BCUT2D eigenvalue weighted by molar-refractivity contribution is -0.121. The minimum atomic E-state index is -0.0750. The van der Waals surface area contributed by atoms with Gasteiger partial charge in [0.2, 0.25) is 0 Å². The Bertz CT molecular complexity index is 967. The molecular formula is C24H25NO3S2. The van der Waals surface area contributed by atoms with Gasteiger partial charge in [-0.2, -0.15) is 0 Å². The smallest absolute Gasteiger partial charge is 0.266 e. The van der Waals surface area contributed by atoms with Crippen molar-refractivity contribution in [2.45, 2.75) is 20.3 Å². The fraction of sp³-hybridized carbons (Fsp3) is 0.250. The summed E-state index contributed by atoms with van der Waals surface area (Å²) in [6.45, 7) is 9.45. The second-order valence-corrected chi connectivity index (χ2v) is 8.62. The Hall–Kier alpha value is -2.57. The minimum absolute atomic E-state index is 0.0750. The number of carbonyl (C=O) groups is 1. The van der Waals surface area contributed by atoms with Crippen molar-refractivity contribution in [2.75, 3.05) is 19.8 Å². The normalized spacial score (nSPS) is 15.0. The zero-order valence-electron chi connectivity index (χ0n) is 17.2. The second kappa shape index (κ2) is 10.5. The average Bonchev–Trinajstić information content (AvgIpc) is 2.99. The molecular weight excluding hydrogens is 414 g/mol. The summed E-state index contributed by atoms with van der Waals surface area (Å²) in [7, 11) is 0. The molecule has 0 aliphatic carbocycles. The van der Waals surface area contributed by atoms with Crippen LogP contribution in [0, 0.1) is 13.8 Å². The zero-order valence-corrected chi connectivity index (χ0v) is 18.9. The molecule has 1 amide bonds. The highest BCUT2D eigenvalue weighted by Crippen LogP contribution is 2.32. The Morgan fingerprint density at radius 2 is 1.70 bits per heavy atom. The molecule has 4 nitrogen and oxygen atoms in total. The van der Waals surface area contributed by atoms with E-state index in [4.69, 9.17) is 21.7 Å². The third-order valence-electron chi connectivity index (χ3n) is 4.67. The quantitative estimate of drug-likeness (QED) is 0.222. The molecule has 1 aliphatic heterocycles. The average molecular weight is 440 g/mol.